The number of likely N-dealkylation sites (N-methyl/N-ethyl adjacent to an activating group) is 1. The number of ether oxygens (including phenoxy) is 2. The molecule has 0 spiro atoms. The average Bonchev–Trinajstić information content (AvgIpc) is 3.36. The Morgan fingerprint density at radius 1 is 0.446 bits per heavy atom. The van der Waals surface area contributed by atoms with Gasteiger partial charge in [-0.25, -0.2) is 0 Å². The van der Waals surface area contributed by atoms with Crippen LogP contribution in [0.25, 0.3) is 0 Å². The van der Waals surface area contributed by atoms with Crippen LogP contribution in [0.2, 0.25) is 0 Å². The topological polar surface area (TPSA) is 111 Å². The Morgan fingerprint density at radius 3 is 1.20 bits per heavy atom. The number of hydrogen-bond donors (Lipinski definition) is 0. The van der Waals surface area contributed by atoms with E-state index in [0.29, 0.717) is 17.4 Å². The highest BCUT2D eigenvalue weighted by Crippen LogP contribution is 2.38. The number of carbonyl (C=O) groups excluding carboxylic acids is 2. The molecule has 10 heteroatoms. The molecule has 0 fully saturated rings. The molecule has 0 aliphatic heterocycles. The molecule has 2 atom stereocenters. The molecule has 0 heterocycles. The van der Waals surface area contributed by atoms with Gasteiger partial charge >= 0.3 is 11.9 Å². The Morgan fingerprint density at radius 2 is 0.811 bits per heavy atom. The van der Waals surface area contributed by atoms with Crippen molar-refractivity contribution < 1.29 is 42.1 Å². The number of rotatable bonds is 56. The van der Waals surface area contributed by atoms with Crippen LogP contribution in [0.4, 0.5) is 0 Å². The normalized spacial score (nSPS) is 13.8. The van der Waals surface area contributed by atoms with Crippen LogP contribution in [0.15, 0.2) is 72.9 Å². The van der Waals surface area contributed by atoms with Crippen LogP contribution in [0.1, 0.15) is 271 Å². The lowest BCUT2D eigenvalue weighted by Gasteiger charge is -2.28. The first-order valence-corrected chi connectivity index (χ1v) is 32.1. The molecule has 9 nitrogen and oxygen atoms in total. The van der Waals surface area contributed by atoms with Gasteiger partial charge in [-0.15, -0.1) is 0 Å². The third kappa shape index (κ3) is 58.7. The summed E-state index contributed by atoms with van der Waals surface area (Å²) in [5.41, 5.74) is 0. The summed E-state index contributed by atoms with van der Waals surface area (Å²) in [6.07, 6.45) is 73.1. The monoisotopic (exact) mass is 1060 g/mol. The molecule has 74 heavy (non-hydrogen) atoms. The third-order valence-electron chi connectivity index (χ3n) is 13.2. The minimum absolute atomic E-state index is 0.00809. The van der Waals surface area contributed by atoms with Gasteiger partial charge in [0.2, 0.25) is 0 Å². The second kappa shape index (κ2) is 55.2. The Kier molecular flexibility index (Phi) is 53.3. The fourth-order valence-electron chi connectivity index (χ4n) is 8.55. The molecule has 0 aliphatic rings. The maximum absolute atomic E-state index is 12.7. The maximum Gasteiger partial charge on any atom is 0.310 e. The Balaban J connectivity index is 3.99. The first-order valence-electron chi connectivity index (χ1n) is 30.6. The van der Waals surface area contributed by atoms with Gasteiger partial charge in [-0.2, -0.15) is 0 Å². The summed E-state index contributed by atoms with van der Waals surface area (Å²) in [5, 5.41) is 0. The maximum atomic E-state index is 12.7. The summed E-state index contributed by atoms with van der Waals surface area (Å²) in [7, 11) is 1.11. The van der Waals surface area contributed by atoms with Crippen LogP contribution >= 0.6 is 7.82 Å². The van der Waals surface area contributed by atoms with Crippen molar-refractivity contribution >= 4 is 19.8 Å². The largest absolute Gasteiger partial charge is 0.756 e. The van der Waals surface area contributed by atoms with E-state index in [-0.39, 0.29) is 26.1 Å². The number of hydrogen-bond acceptors (Lipinski definition) is 8. The van der Waals surface area contributed by atoms with E-state index >= 15 is 0 Å². The zero-order chi connectivity index (χ0) is 54.2. The number of unbranched alkanes of at least 4 members (excludes halogenated alkanes) is 31. The quantitative estimate of drug-likeness (QED) is 0.0195. The second-order valence-corrected chi connectivity index (χ2v) is 23.1. The van der Waals surface area contributed by atoms with E-state index in [1.165, 1.54) is 193 Å². The number of esters is 2. The van der Waals surface area contributed by atoms with Crippen molar-refractivity contribution in [2.45, 2.75) is 277 Å². The van der Waals surface area contributed by atoms with Crippen molar-refractivity contribution in [3.63, 3.8) is 0 Å². The molecular weight excluding hydrogens is 942 g/mol. The van der Waals surface area contributed by atoms with Crippen LogP contribution in [0.3, 0.4) is 0 Å². The molecule has 0 bridgehead atoms. The van der Waals surface area contributed by atoms with Crippen molar-refractivity contribution in [3.05, 3.63) is 72.9 Å². The first-order chi connectivity index (χ1) is 36.0. The standard InChI is InChI=1S/C64H116NO8P/c1-6-8-10-12-14-16-18-20-22-23-24-25-26-27-28-29-30-31-32-33-34-35-36-37-38-39-40-41-43-44-46-48-50-52-54-56-63(66)70-60-62(61-72-74(68,69)71-59-58-65(3,4)5)73-64(67)57-55-53-51-49-47-45-42-21-19-17-15-13-11-9-7-2/h9,11,15,17,21,23-24,42,47,49,53,55,62H,6-8,10,12-14,16,18-20,22,25-41,43-46,48,50-52,54,56-61H2,1-5H3/b11-9-,17-15-,24-23-,42-21-,49-47-,55-53-. The van der Waals surface area contributed by atoms with Crippen LogP contribution in [-0.4, -0.2) is 70.0 Å². The molecule has 0 saturated carbocycles. The number of allylic oxidation sites excluding steroid dienone is 11. The van der Waals surface area contributed by atoms with Crippen molar-refractivity contribution in [2.75, 3.05) is 47.5 Å². The van der Waals surface area contributed by atoms with Crippen LogP contribution in [0.5, 0.6) is 0 Å². The van der Waals surface area contributed by atoms with E-state index in [9.17, 15) is 19.0 Å². The van der Waals surface area contributed by atoms with Crippen molar-refractivity contribution in [1.82, 2.24) is 0 Å². The van der Waals surface area contributed by atoms with E-state index in [1.807, 2.05) is 33.3 Å². The van der Waals surface area contributed by atoms with Gasteiger partial charge in [-0.1, -0.05) is 267 Å². The van der Waals surface area contributed by atoms with Gasteiger partial charge in [0.1, 0.15) is 19.8 Å². The number of phosphoric acid groups is 1. The second-order valence-electron chi connectivity index (χ2n) is 21.7. The van der Waals surface area contributed by atoms with Crippen molar-refractivity contribution in [3.8, 4) is 0 Å². The summed E-state index contributed by atoms with van der Waals surface area (Å²) >= 11 is 0. The highest BCUT2D eigenvalue weighted by atomic mass is 31.2. The van der Waals surface area contributed by atoms with Gasteiger partial charge < -0.3 is 27.9 Å². The van der Waals surface area contributed by atoms with Gasteiger partial charge in [0, 0.05) is 6.42 Å². The van der Waals surface area contributed by atoms with Gasteiger partial charge in [0.05, 0.1) is 34.2 Å². The molecule has 0 aromatic carbocycles. The van der Waals surface area contributed by atoms with Crippen LogP contribution < -0.4 is 4.89 Å². The van der Waals surface area contributed by atoms with E-state index in [1.54, 1.807) is 6.08 Å². The fraction of sp³-hybridized carbons (Fsp3) is 0.781. The lowest BCUT2D eigenvalue weighted by molar-refractivity contribution is -0.870. The molecule has 0 radical (unpaired) electrons. The van der Waals surface area contributed by atoms with Gasteiger partial charge in [0.25, 0.3) is 7.82 Å². The number of nitrogens with zero attached hydrogens (tertiary/aromatic N) is 1. The molecular formula is C64H116NO8P. The minimum Gasteiger partial charge on any atom is -0.756 e. The summed E-state index contributed by atoms with van der Waals surface area (Å²) in [6, 6.07) is 0. The molecule has 0 aromatic heterocycles. The molecule has 0 aromatic rings. The van der Waals surface area contributed by atoms with E-state index in [4.69, 9.17) is 18.5 Å². The molecule has 0 rings (SSSR count). The fourth-order valence-corrected chi connectivity index (χ4v) is 9.28. The zero-order valence-electron chi connectivity index (χ0n) is 48.8. The van der Waals surface area contributed by atoms with Gasteiger partial charge in [0.15, 0.2) is 6.10 Å². The number of phosphoric ester groups is 1. The summed E-state index contributed by atoms with van der Waals surface area (Å²) < 4.78 is 34.0. The highest BCUT2D eigenvalue weighted by molar-refractivity contribution is 7.45. The predicted octanol–water partition coefficient (Wildman–Crippen LogP) is 18.6. The van der Waals surface area contributed by atoms with Crippen molar-refractivity contribution in [2.24, 2.45) is 0 Å². The zero-order valence-corrected chi connectivity index (χ0v) is 49.7. The summed E-state index contributed by atoms with van der Waals surface area (Å²) in [4.78, 5) is 37.7. The lowest BCUT2D eigenvalue weighted by Crippen LogP contribution is -2.37. The minimum atomic E-state index is -4.66. The van der Waals surface area contributed by atoms with Crippen LogP contribution in [0, 0.1) is 0 Å². The first kappa shape index (κ1) is 71.5. The summed E-state index contributed by atoms with van der Waals surface area (Å²) in [6.45, 7) is 4.03. The Bertz CT molecular complexity index is 1480. The lowest BCUT2D eigenvalue weighted by atomic mass is 10.0. The van der Waals surface area contributed by atoms with E-state index in [2.05, 4.69) is 68.5 Å². The molecule has 430 valence electrons. The number of carbonyl (C=O) groups is 2. The summed E-state index contributed by atoms with van der Waals surface area (Å²) in [5.74, 6) is -0.976. The SMILES string of the molecule is CC/C=C\C/C=C\C/C=C\C/C=C\C/C=C\CC(=O)OC(COC(=O)CCCCCCCCCCCCCCCCCCCCCCCCC/C=C\CCCCCCCCCC)COP(=O)([O-])OCC[N+](C)(C)C. The number of quaternary nitrogens is 1. The molecule has 0 amide bonds. The van der Waals surface area contributed by atoms with E-state index < -0.39 is 32.5 Å². The Labute approximate surface area is 457 Å². The predicted molar refractivity (Wildman–Crippen MR) is 314 cm³/mol. The molecule has 2 unspecified atom stereocenters. The molecule has 0 N–H and O–H groups in total. The highest BCUT2D eigenvalue weighted by Gasteiger charge is 2.21. The third-order valence-corrected chi connectivity index (χ3v) is 14.2. The molecule has 0 saturated heterocycles. The van der Waals surface area contributed by atoms with Crippen LogP contribution in [-0.2, 0) is 32.7 Å². The smallest absolute Gasteiger partial charge is 0.310 e. The van der Waals surface area contributed by atoms with E-state index in [0.717, 1.165) is 44.9 Å². The van der Waals surface area contributed by atoms with Crippen molar-refractivity contribution in [1.29, 1.82) is 0 Å². The Hall–Kier alpha value is -2.55. The van der Waals surface area contributed by atoms with Gasteiger partial charge in [-0.3, -0.25) is 14.2 Å². The average molecular weight is 1060 g/mol. The van der Waals surface area contributed by atoms with Gasteiger partial charge in [-0.05, 0) is 64.2 Å². The molecule has 0 aliphatic carbocycles.